The fraction of sp³-hybridized carbons (Fsp3) is 0.294. The molecular formula is C17H18. The zero-order valence-corrected chi connectivity index (χ0v) is 10.5. The van der Waals surface area contributed by atoms with E-state index < -0.39 is 0 Å². The summed E-state index contributed by atoms with van der Waals surface area (Å²) in [5.74, 6) is 1.30. The second kappa shape index (κ2) is 4.03. The van der Waals surface area contributed by atoms with Gasteiger partial charge in [0.2, 0.25) is 0 Å². The van der Waals surface area contributed by atoms with E-state index in [4.69, 9.17) is 0 Å². The van der Waals surface area contributed by atoms with E-state index in [-0.39, 0.29) is 0 Å². The number of hydrogen-bond donors (Lipinski definition) is 0. The Kier molecular flexibility index (Phi) is 2.51. The summed E-state index contributed by atoms with van der Waals surface area (Å²) in [5.41, 5.74) is 5.91. The molecule has 1 aliphatic carbocycles. The molecule has 0 radical (unpaired) electrons. The molecule has 0 aliphatic heterocycles. The molecule has 0 aromatic heterocycles. The van der Waals surface area contributed by atoms with Gasteiger partial charge in [-0.3, -0.25) is 0 Å². The summed E-state index contributed by atoms with van der Waals surface area (Å²) in [6.45, 7) is 4.65. The summed E-state index contributed by atoms with van der Waals surface area (Å²) < 4.78 is 0. The van der Waals surface area contributed by atoms with Gasteiger partial charge in [0.05, 0.1) is 0 Å². The Morgan fingerprint density at radius 1 is 0.882 bits per heavy atom. The maximum absolute atomic E-state index is 2.36. The van der Waals surface area contributed by atoms with E-state index in [1.165, 1.54) is 28.7 Å². The molecule has 0 spiro atoms. The van der Waals surface area contributed by atoms with Crippen LogP contribution in [0.5, 0.6) is 0 Å². The highest BCUT2D eigenvalue weighted by molar-refractivity contribution is 5.78. The second-order valence-corrected chi connectivity index (χ2v) is 5.04. The van der Waals surface area contributed by atoms with Gasteiger partial charge in [0.25, 0.3) is 0 Å². The van der Waals surface area contributed by atoms with Crippen LogP contribution in [0.4, 0.5) is 0 Å². The van der Waals surface area contributed by atoms with Gasteiger partial charge >= 0.3 is 0 Å². The van der Waals surface area contributed by atoms with Crippen LogP contribution in [0.15, 0.2) is 48.5 Å². The molecule has 0 bridgehead atoms. The van der Waals surface area contributed by atoms with Gasteiger partial charge in [0.15, 0.2) is 0 Å². The van der Waals surface area contributed by atoms with Crippen molar-refractivity contribution >= 4 is 0 Å². The molecule has 2 aromatic rings. The Labute approximate surface area is 103 Å². The average molecular weight is 222 g/mol. The van der Waals surface area contributed by atoms with Crippen LogP contribution in [-0.4, -0.2) is 0 Å². The molecular weight excluding hydrogens is 204 g/mol. The van der Waals surface area contributed by atoms with Crippen molar-refractivity contribution in [2.75, 3.05) is 0 Å². The van der Waals surface area contributed by atoms with Crippen molar-refractivity contribution in [3.63, 3.8) is 0 Å². The van der Waals surface area contributed by atoms with Crippen LogP contribution in [-0.2, 0) is 0 Å². The molecule has 0 saturated carbocycles. The van der Waals surface area contributed by atoms with E-state index in [1.54, 1.807) is 0 Å². The number of hydrogen-bond acceptors (Lipinski definition) is 0. The predicted octanol–water partition coefficient (Wildman–Crippen LogP) is 4.85. The van der Waals surface area contributed by atoms with Crippen molar-refractivity contribution in [1.29, 1.82) is 0 Å². The zero-order chi connectivity index (χ0) is 11.8. The average Bonchev–Trinajstić information content (AvgIpc) is 2.72. The fourth-order valence-corrected chi connectivity index (χ4v) is 3.04. The normalized spacial score (nSPS) is 15.4. The highest BCUT2D eigenvalue weighted by Crippen LogP contribution is 2.48. The molecule has 0 nitrogen and oxygen atoms in total. The summed E-state index contributed by atoms with van der Waals surface area (Å²) in [7, 11) is 0. The topological polar surface area (TPSA) is 0 Å². The highest BCUT2D eigenvalue weighted by atomic mass is 14.3. The molecule has 0 heteroatoms. The third-order valence-corrected chi connectivity index (χ3v) is 4.09. The summed E-state index contributed by atoms with van der Waals surface area (Å²) >= 11 is 0. The molecule has 0 unspecified atom stereocenters. The van der Waals surface area contributed by atoms with Crippen LogP contribution in [0.25, 0.3) is 11.1 Å². The maximum Gasteiger partial charge on any atom is 0.0127 e. The molecule has 0 fully saturated rings. The Balaban J connectivity index is 2.23. The van der Waals surface area contributed by atoms with Gasteiger partial charge in [-0.15, -0.1) is 0 Å². The SMILES string of the molecule is CC[C@@H](C)C1c2ccccc2-c2ccccc21. The second-order valence-electron chi connectivity index (χ2n) is 5.04. The first kappa shape index (κ1) is 10.6. The van der Waals surface area contributed by atoms with Crippen LogP contribution in [0, 0.1) is 5.92 Å². The molecule has 0 saturated heterocycles. The summed E-state index contributed by atoms with van der Waals surface area (Å²) in [5, 5.41) is 0. The lowest BCUT2D eigenvalue weighted by molar-refractivity contribution is 0.503. The minimum atomic E-state index is 0.590. The van der Waals surface area contributed by atoms with E-state index in [9.17, 15) is 0 Å². The Morgan fingerprint density at radius 2 is 1.35 bits per heavy atom. The van der Waals surface area contributed by atoms with Crippen molar-refractivity contribution in [1.82, 2.24) is 0 Å². The van der Waals surface area contributed by atoms with Crippen molar-refractivity contribution in [3.05, 3.63) is 59.7 Å². The Morgan fingerprint density at radius 3 is 1.82 bits per heavy atom. The smallest absolute Gasteiger partial charge is 0.0127 e. The number of fused-ring (bicyclic) bond motifs is 3. The van der Waals surface area contributed by atoms with E-state index in [2.05, 4.69) is 62.4 Å². The zero-order valence-electron chi connectivity index (χ0n) is 10.5. The Hall–Kier alpha value is -1.56. The molecule has 2 aromatic carbocycles. The molecule has 86 valence electrons. The van der Waals surface area contributed by atoms with E-state index >= 15 is 0 Å². The minimum absolute atomic E-state index is 0.590. The first-order valence-electron chi connectivity index (χ1n) is 6.51. The standard InChI is InChI=1S/C17H18/c1-3-12(2)17-15-10-6-4-8-13(15)14-9-5-7-11-16(14)17/h4-12,17H,3H2,1-2H3/t12-/m1/s1. The molecule has 1 aliphatic rings. The van der Waals surface area contributed by atoms with Crippen LogP contribution in [0.2, 0.25) is 0 Å². The predicted molar refractivity (Wildman–Crippen MR) is 73.2 cm³/mol. The van der Waals surface area contributed by atoms with Gasteiger partial charge in [0.1, 0.15) is 0 Å². The quantitative estimate of drug-likeness (QED) is 0.681. The first-order chi connectivity index (χ1) is 8.33. The van der Waals surface area contributed by atoms with Crippen LogP contribution in [0.1, 0.15) is 37.3 Å². The lowest BCUT2D eigenvalue weighted by atomic mass is 9.84. The van der Waals surface area contributed by atoms with E-state index in [1.807, 2.05) is 0 Å². The van der Waals surface area contributed by atoms with Gasteiger partial charge in [-0.05, 0) is 28.2 Å². The summed E-state index contributed by atoms with van der Waals surface area (Å²) in [6.07, 6.45) is 1.23. The van der Waals surface area contributed by atoms with Gasteiger partial charge < -0.3 is 0 Å². The fourth-order valence-electron chi connectivity index (χ4n) is 3.04. The van der Waals surface area contributed by atoms with Crippen molar-refractivity contribution in [3.8, 4) is 11.1 Å². The summed E-state index contributed by atoms with van der Waals surface area (Å²) in [6, 6.07) is 17.7. The third kappa shape index (κ3) is 1.51. The summed E-state index contributed by atoms with van der Waals surface area (Å²) in [4.78, 5) is 0. The Bertz CT molecular complexity index is 494. The van der Waals surface area contributed by atoms with Crippen LogP contribution < -0.4 is 0 Å². The number of rotatable bonds is 2. The van der Waals surface area contributed by atoms with Gasteiger partial charge in [0, 0.05) is 5.92 Å². The first-order valence-corrected chi connectivity index (χ1v) is 6.51. The largest absolute Gasteiger partial charge is 0.0651 e. The van der Waals surface area contributed by atoms with Gasteiger partial charge in [-0.2, -0.15) is 0 Å². The highest BCUT2D eigenvalue weighted by Gasteiger charge is 2.30. The van der Waals surface area contributed by atoms with Crippen molar-refractivity contribution in [2.24, 2.45) is 5.92 Å². The molecule has 0 amide bonds. The maximum atomic E-state index is 2.36. The van der Waals surface area contributed by atoms with Crippen molar-refractivity contribution in [2.45, 2.75) is 26.2 Å². The van der Waals surface area contributed by atoms with E-state index in [0.29, 0.717) is 11.8 Å². The molecule has 0 N–H and O–H groups in total. The molecule has 1 atom stereocenters. The third-order valence-electron chi connectivity index (χ3n) is 4.09. The molecule has 3 rings (SSSR count). The monoisotopic (exact) mass is 222 g/mol. The lowest BCUT2D eigenvalue weighted by Gasteiger charge is -2.20. The number of benzene rings is 2. The molecule has 0 heterocycles. The van der Waals surface area contributed by atoms with Crippen molar-refractivity contribution < 1.29 is 0 Å². The van der Waals surface area contributed by atoms with Crippen LogP contribution in [0.3, 0.4) is 0 Å². The van der Waals surface area contributed by atoms with Gasteiger partial charge in [-0.1, -0.05) is 68.8 Å². The molecule has 17 heavy (non-hydrogen) atoms. The van der Waals surface area contributed by atoms with E-state index in [0.717, 1.165) is 0 Å². The van der Waals surface area contributed by atoms with Crippen LogP contribution >= 0.6 is 0 Å². The lowest BCUT2D eigenvalue weighted by Crippen LogP contribution is -2.07. The minimum Gasteiger partial charge on any atom is -0.0651 e. The van der Waals surface area contributed by atoms with Gasteiger partial charge in [-0.25, -0.2) is 0 Å².